The first-order valence-electron chi connectivity index (χ1n) is 8.98. The number of hydrogen-bond acceptors (Lipinski definition) is 7. The van der Waals surface area contributed by atoms with Crippen LogP contribution in [0.15, 0.2) is 24.3 Å². The van der Waals surface area contributed by atoms with Crippen molar-refractivity contribution in [2.45, 2.75) is 26.8 Å². The molecular weight excluding hydrogens is 378 g/mol. The first-order valence-corrected chi connectivity index (χ1v) is 8.98. The summed E-state index contributed by atoms with van der Waals surface area (Å²) < 4.78 is 22.0. The molecule has 2 aromatic rings. The van der Waals surface area contributed by atoms with Crippen LogP contribution in [-0.2, 0) is 20.8 Å². The van der Waals surface area contributed by atoms with Crippen molar-refractivity contribution in [1.29, 1.82) is 0 Å². The van der Waals surface area contributed by atoms with Crippen LogP contribution in [0.3, 0.4) is 0 Å². The zero-order valence-corrected chi connectivity index (χ0v) is 17.2. The fourth-order valence-electron chi connectivity index (χ4n) is 2.99. The minimum atomic E-state index is -0.640. The molecule has 1 heterocycles. The molecule has 156 valence electrons. The summed E-state index contributed by atoms with van der Waals surface area (Å²) in [6.45, 7) is 3.64. The largest absolute Gasteiger partial charge is 0.493 e. The molecule has 0 aliphatic rings. The van der Waals surface area contributed by atoms with Crippen LogP contribution < -0.4 is 9.47 Å². The van der Waals surface area contributed by atoms with Gasteiger partial charge in [-0.3, -0.25) is 9.59 Å². The Hall–Kier alpha value is -3.29. The molecule has 2 rings (SSSR count). The predicted octanol–water partition coefficient (Wildman–Crippen LogP) is 2.72. The summed E-state index contributed by atoms with van der Waals surface area (Å²) in [5.41, 5.74) is 2.24. The molecule has 0 unspecified atom stereocenters. The van der Waals surface area contributed by atoms with Gasteiger partial charge in [0.25, 0.3) is 0 Å². The van der Waals surface area contributed by atoms with Crippen molar-refractivity contribution in [2.75, 3.05) is 27.9 Å². The molecule has 0 aliphatic heterocycles. The Morgan fingerprint density at radius 3 is 2.28 bits per heavy atom. The van der Waals surface area contributed by atoms with Crippen molar-refractivity contribution < 1.29 is 33.3 Å². The van der Waals surface area contributed by atoms with E-state index < -0.39 is 12.6 Å². The highest BCUT2D eigenvalue weighted by molar-refractivity contribution is 6.00. The first kappa shape index (κ1) is 22.0. The van der Waals surface area contributed by atoms with Gasteiger partial charge in [0.1, 0.15) is 0 Å². The summed E-state index contributed by atoms with van der Waals surface area (Å²) in [6.07, 6.45) is 0.203. The summed E-state index contributed by atoms with van der Waals surface area (Å²) in [4.78, 5) is 36.2. The molecule has 8 heteroatoms. The van der Waals surface area contributed by atoms with Crippen LogP contribution in [0, 0.1) is 13.8 Å². The standard InChI is InChI=1S/C21H25NO7/c1-13-10-16(14(2)22(13)9-8-20(24)28-5)17(23)12-29-21(25)15-6-7-18(26-3)19(11-15)27-4/h6-7,10-11H,8-9,12H2,1-5H3. The van der Waals surface area contributed by atoms with Crippen molar-refractivity contribution in [1.82, 2.24) is 4.57 Å². The average Bonchev–Trinajstić information content (AvgIpc) is 3.02. The summed E-state index contributed by atoms with van der Waals surface area (Å²) in [5, 5.41) is 0. The number of carbonyl (C=O) groups is 3. The van der Waals surface area contributed by atoms with E-state index in [0.717, 1.165) is 5.69 Å². The normalized spacial score (nSPS) is 10.4. The Balaban J connectivity index is 2.05. The van der Waals surface area contributed by atoms with Gasteiger partial charge in [0, 0.05) is 23.5 Å². The van der Waals surface area contributed by atoms with Gasteiger partial charge in [0.15, 0.2) is 18.1 Å². The Bertz CT molecular complexity index is 914. The molecule has 0 spiro atoms. The van der Waals surface area contributed by atoms with E-state index in [4.69, 9.17) is 14.2 Å². The number of ether oxygens (including phenoxy) is 4. The van der Waals surface area contributed by atoms with Gasteiger partial charge in [-0.1, -0.05) is 0 Å². The van der Waals surface area contributed by atoms with Gasteiger partial charge in [-0.05, 0) is 38.1 Å². The van der Waals surface area contributed by atoms with Gasteiger partial charge in [-0.15, -0.1) is 0 Å². The summed E-state index contributed by atoms with van der Waals surface area (Å²) in [7, 11) is 4.29. The maximum Gasteiger partial charge on any atom is 0.338 e. The fraction of sp³-hybridized carbons (Fsp3) is 0.381. The van der Waals surface area contributed by atoms with Crippen LogP contribution >= 0.6 is 0 Å². The fourth-order valence-corrected chi connectivity index (χ4v) is 2.99. The molecule has 0 atom stereocenters. The number of esters is 2. The van der Waals surface area contributed by atoms with E-state index in [0.29, 0.717) is 29.3 Å². The zero-order chi connectivity index (χ0) is 21.6. The number of ketones is 1. The van der Waals surface area contributed by atoms with E-state index in [2.05, 4.69) is 4.74 Å². The minimum absolute atomic E-state index is 0.203. The number of benzene rings is 1. The molecule has 0 aliphatic carbocycles. The molecule has 29 heavy (non-hydrogen) atoms. The Morgan fingerprint density at radius 1 is 0.966 bits per heavy atom. The molecule has 8 nitrogen and oxygen atoms in total. The van der Waals surface area contributed by atoms with Crippen LogP contribution in [0.4, 0.5) is 0 Å². The molecule has 1 aromatic carbocycles. The number of carbonyl (C=O) groups excluding carboxylic acids is 3. The Kier molecular flexibility index (Phi) is 7.41. The molecule has 0 amide bonds. The molecule has 0 fully saturated rings. The third-order valence-corrected chi connectivity index (χ3v) is 4.59. The lowest BCUT2D eigenvalue weighted by atomic mass is 10.1. The van der Waals surface area contributed by atoms with Crippen molar-refractivity contribution in [3.8, 4) is 11.5 Å². The predicted molar refractivity (Wildman–Crippen MR) is 105 cm³/mol. The highest BCUT2D eigenvalue weighted by Crippen LogP contribution is 2.27. The third-order valence-electron chi connectivity index (χ3n) is 4.59. The molecule has 0 saturated carbocycles. The highest BCUT2D eigenvalue weighted by Gasteiger charge is 2.19. The van der Waals surface area contributed by atoms with E-state index in [1.807, 2.05) is 11.5 Å². The number of Topliss-reactive ketones (excluding diaryl/α,β-unsaturated/α-hetero) is 1. The molecule has 0 N–H and O–H groups in total. The Morgan fingerprint density at radius 2 is 1.66 bits per heavy atom. The van der Waals surface area contributed by atoms with E-state index in [9.17, 15) is 14.4 Å². The maximum absolute atomic E-state index is 12.6. The second-order valence-electron chi connectivity index (χ2n) is 6.33. The van der Waals surface area contributed by atoms with Crippen LogP contribution in [0.25, 0.3) is 0 Å². The molecule has 0 radical (unpaired) electrons. The topological polar surface area (TPSA) is 93.1 Å². The van der Waals surface area contributed by atoms with Gasteiger partial charge in [-0.25, -0.2) is 4.79 Å². The van der Waals surface area contributed by atoms with Gasteiger partial charge in [0.05, 0.1) is 33.3 Å². The van der Waals surface area contributed by atoms with Gasteiger partial charge < -0.3 is 23.5 Å². The number of hydrogen-bond donors (Lipinski definition) is 0. The lowest BCUT2D eigenvalue weighted by Crippen LogP contribution is -2.15. The van der Waals surface area contributed by atoms with Gasteiger partial charge in [-0.2, -0.15) is 0 Å². The van der Waals surface area contributed by atoms with Gasteiger partial charge >= 0.3 is 11.9 Å². The zero-order valence-electron chi connectivity index (χ0n) is 17.2. The SMILES string of the molecule is COC(=O)CCn1c(C)cc(C(=O)COC(=O)c2ccc(OC)c(OC)c2)c1C. The van der Waals surface area contributed by atoms with Crippen molar-refractivity contribution in [3.63, 3.8) is 0 Å². The summed E-state index contributed by atoms with van der Waals surface area (Å²) >= 11 is 0. The smallest absolute Gasteiger partial charge is 0.338 e. The van der Waals surface area contributed by atoms with E-state index in [1.165, 1.54) is 33.5 Å². The number of rotatable bonds is 9. The van der Waals surface area contributed by atoms with E-state index in [1.54, 1.807) is 19.1 Å². The number of aromatic nitrogens is 1. The number of nitrogens with zero attached hydrogens (tertiary/aromatic N) is 1. The second kappa shape index (κ2) is 9.77. The lowest BCUT2D eigenvalue weighted by molar-refractivity contribution is -0.140. The number of methoxy groups -OCH3 is 3. The van der Waals surface area contributed by atoms with Crippen molar-refractivity contribution in [3.05, 3.63) is 46.8 Å². The van der Waals surface area contributed by atoms with Crippen LogP contribution in [0.1, 0.15) is 38.5 Å². The van der Waals surface area contributed by atoms with E-state index in [-0.39, 0.29) is 23.7 Å². The van der Waals surface area contributed by atoms with Crippen LogP contribution in [0.2, 0.25) is 0 Å². The second-order valence-corrected chi connectivity index (χ2v) is 6.33. The maximum atomic E-state index is 12.6. The van der Waals surface area contributed by atoms with Crippen LogP contribution in [-0.4, -0.2) is 50.2 Å². The summed E-state index contributed by atoms with van der Waals surface area (Å²) in [6, 6.07) is 6.34. The van der Waals surface area contributed by atoms with Crippen LogP contribution in [0.5, 0.6) is 11.5 Å². The average molecular weight is 403 g/mol. The van der Waals surface area contributed by atoms with Crippen molar-refractivity contribution >= 4 is 17.7 Å². The Labute approximate surface area is 169 Å². The molecule has 1 aromatic heterocycles. The van der Waals surface area contributed by atoms with Gasteiger partial charge in [0.2, 0.25) is 5.78 Å². The van der Waals surface area contributed by atoms with E-state index >= 15 is 0 Å². The minimum Gasteiger partial charge on any atom is -0.493 e. The highest BCUT2D eigenvalue weighted by atomic mass is 16.5. The monoisotopic (exact) mass is 403 g/mol. The molecule has 0 bridgehead atoms. The quantitative estimate of drug-likeness (QED) is 0.469. The molecular formula is C21H25NO7. The first-order chi connectivity index (χ1) is 13.8. The summed E-state index contributed by atoms with van der Waals surface area (Å²) in [5.74, 6) is -0.411. The number of aryl methyl sites for hydroxylation is 1. The molecule has 0 saturated heterocycles. The third kappa shape index (κ3) is 5.16. The van der Waals surface area contributed by atoms with Crippen molar-refractivity contribution in [2.24, 2.45) is 0 Å². The lowest BCUT2D eigenvalue weighted by Gasteiger charge is -2.10.